The molecule has 0 fully saturated rings. The standard InChI is InChI=1S/C6H7N3O/c1-2-7-5-3-4-8-6(10)9-5/h2-4H,1H3,(H,8,9,10)/b7-2+. The van der Waals surface area contributed by atoms with Crippen LogP contribution in [-0.4, -0.2) is 16.2 Å². The zero-order chi connectivity index (χ0) is 7.40. The molecular formula is C6H7N3O. The molecule has 1 rings (SSSR count). The Morgan fingerprint density at radius 2 is 2.60 bits per heavy atom. The first-order valence-electron chi connectivity index (χ1n) is 2.87. The number of aromatic amines is 1. The van der Waals surface area contributed by atoms with Crippen molar-refractivity contribution >= 4 is 12.0 Å². The zero-order valence-electron chi connectivity index (χ0n) is 5.53. The Morgan fingerprint density at radius 3 is 3.20 bits per heavy atom. The smallest absolute Gasteiger partial charge is 0.290 e. The van der Waals surface area contributed by atoms with Crippen molar-refractivity contribution in [3.8, 4) is 0 Å². The Balaban J connectivity index is 3.07. The van der Waals surface area contributed by atoms with Crippen LogP contribution in [0.5, 0.6) is 0 Å². The summed E-state index contributed by atoms with van der Waals surface area (Å²) >= 11 is 0. The van der Waals surface area contributed by atoms with E-state index < -0.39 is 0 Å². The van der Waals surface area contributed by atoms with Crippen LogP contribution in [-0.2, 0) is 0 Å². The van der Waals surface area contributed by atoms with Crippen molar-refractivity contribution < 1.29 is 0 Å². The van der Waals surface area contributed by atoms with E-state index in [-0.39, 0.29) is 5.69 Å². The van der Waals surface area contributed by atoms with Gasteiger partial charge in [0.15, 0.2) is 0 Å². The molecule has 0 saturated carbocycles. The summed E-state index contributed by atoms with van der Waals surface area (Å²) in [6.45, 7) is 1.78. The van der Waals surface area contributed by atoms with Gasteiger partial charge in [0.05, 0.1) is 0 Å². The van der Waals surface area contributed by atoms with E-state index in [1.54, 1.807) is 19.2 Å². The van der Waals surface area contributed by atoms with Crippen molar-refractivity contribution in [2.75, 3.05) is 0 Å². The molecule has 0 aromatic carbocycles. The van der Waals surface area contributed by atoms with Gasteiger partial charge in [-0.15, -0.1) is 0 Å². The molecule has 1 heterocycles. The van der Waals surface area contributed by atoms with Crippen LogP contribution in [0.15, 0.2) is 22.1 Å². The topological polar surface area (TPSA) is 58.1 Å². The van der Waals surface area contributed by atoms with Gasteiger partial charge >= 0.3 is 5.69 Å². The highest BCUT2D eigenvalue weighted by Crippen LogP contribution is 1.98. The van der Waals surface area contributed by atoms with Gasteiger partial charge in [-0.3, -0.25) is 4.98 Å². The number of nitrogens with one attached hydrogen (secondary N) is 1. The molecule has 0 unspecified atom stereocenters. The van der Waals surface area contributed by atoms with Gasteiger partial charge in [-0.25, -0.2) is 14.8 Å². The first kappa shape index (κ1) is 6.67. The van der Waals surface area contributed by atoms with E-state index in [1.807, 2.05) is 0 Å². The van der Waals surface area contributed by atoms with Gasteiger partial charge in [0, 0.05) is 12.4 Å². The fourth-order valence-corrected chi connectivity index (χ4v) is 0.573. The molecule has 0 atom stereocenters. The van der Waals surface area contributed by atoms with Crippen LogP contribution in [0.1, 0.15) is 6.92 Å². The van der Waals surface area contributed by atoms with Gasteiger partial charge in [-0.05, 0) is 13.0 Å². The SMILES string of the molecule is C/C=N/c1ccnc(=O)[nH]1. The molecule has 4 heteroatoms. The van der Waals surface area contributed by atoms with Crippen molar-refractivity contribution in [3.63, 3.8) is 0 Å². The van der Waals surface area contributed by atoms with Crippen molar-refractivity contribution in [2.24, 2.45) is 4.99 Å². The van der Waals surface area contributed by atoms with Gasteiger partial charge in [-0.1, -0.05) is 0 Å². The Hall–Kier alpha value is -1.45. The lowest BCUT2D eigenvalue weighted by molar-refractivity contribution is 1.07. The lowest BCUT2D eigenvalue weighted by Crippen LogP contribution is -2.07. The van der Waals surface area contributed by atoms with Crippen LogP contribution < -0.4 is 5.69 Å². The molecule has 52 valence electrons. The number of H-pyrrole nitrogens is 1. The maximum Gasteiger partial charge on any atom is 0.346 e. The van der Waals surface area contributed by atoms with E-state index in [4.69, 9.17) is 0 Å². The summed E-state index contributed by atoms with van der Waals surface area (Å²) in [4.78, 5) is 20.3. The second-order valence-electron chi connectivity index (χ2n) is 1.65. The molecule has 0 amide bonds. The minimum atomic E-state index is -0.372. The van der Waals surface area contributed by atoms with Crippen LogP contribution >= 0.6 is 0 Å². The van der Waals surface area contributed by atoms with E-state index in [2.05, 4.69) is 15.0 Å². The average molecular weight is 137 g/mol. The summed E-state index contributed by atoms with van der Waals surface area (Å²) in [5, 5.41) is 0. The summed E-state index contributed by atoms with van der Waals surface area (Å²) in [6, 6.07) is 1.63. The van der Waals surface area contributed by atoms with Crippen LogP contribution in [0.3, 0.4) is 0 Å². The Morgan fingerprint density at radius 1 is 1.80 bits per heavy atom. The maximum atomic E-state index is 10.5. The largest absolute Gasteiger partial charge is 0.346 e. The number of hydrogen-bond acceptors (Lipinski definition) is 3. The summed E-state index contributed by atoms with van der Waals surface area (Å²) in [5.74, 6) is 0.530. The summed E-state index contributed by atoms with van der Waals surface area (Å²) < 4.78 is 0. The van der Waals surface area contributed by atoms with E-state index in [0.717, 1.165) is 0 Å². The lowest BCUT2D eigenvalue weighted by atomic mass is 10.6. The van der Waals surface area contributed by atoms with E-state index in [9.17, 15) is 4.79 Å². The molecule has 4 nitrogen and oxygen atoms in total. The van der Waals surface area contributed by atoms with E-state index in [0.29, 0.717) is 5.82 Å². The predicted octanol–water partition coefficient (Wildman–Crippen LogP) is 0.492. The van der Waals surface area contributed by atoms with Crippen LogP contribution in [0.4, 0.5) is 5.82 Å². The Kier molecular flexibility index (Phi) is 1.94. The van der Waals surface area contributed by atoms with Gasteiger partial charge < -0.3 is 0 Å². The third kappa shape index (κ3) is 1.51. The second kappa shape index (κ2) is 2.91. The molecule has 1 N–H and O–H groups in total. The monoisotopic (exact) mass is 137 g/mol. The predicted molar refractivity (Wildman–Crippen MR) is 38.7 cm³/mol. The average Bonchev–Trinajstić information content (AvgIpc) is 1.88. The lowest BCUT2D eigenvalue weighted by Gasteiger charge is -1.87. The quantitative estimate of drug-likeness (QED) is 0.573. The van der Waals surface area contributed by atoms with Crippen molar-refractivity contribution in [2.45, 2.75) is 6.92 Å². The molecule has 0 bridgehead atoms. The van der Waals surface area contributed by atoms with Gasteiger partial charge in [-0.2, -0.15) is 0 Å². The molecular weight excluding hydrogens is 130 g/mol. The molecule has 0 radical (unpaired) electrons. The number of aromatic nitrogens is 2. The Bertz CT molecular complexity index is 289. The molecule has 10 heavy (non-hydrogen) atoms. The normalized spacial score (nSPS) is 10.5. The summed E-state index contributed by atoms with van der Waals surface area (Å²) in [5.41, 5.74) is -0.372. The van der Waals surface area contributed by atoms with Gasteiger partial charge in [0.25, 0.3) is 0 Å². The minimum Gasteiger partial charge on any atom is -0.290 e. The summed E-state index contributed by atoms with van der Waals surface area (Å²) in [7, 11) is 0. The van der Waals surface area contributed by atoms with Gasteiger partial charge in [0.1, 0.15) is 5.82 Å². The van der Waals surface area contributed by atoms with Crippen molar-refractivity contribution in [3.05, 3.63) is 22.7 Å². The molecule has 0 aliphatic rings. The fraction of sp³-hybridized carbons (Fsp3) is 0.167. The second-order valence-corrected chi connectivity index (χ2v) is 1.65. The molecule has 1 aromatic rings. The molecule has 0 aliphatic heterocycles. The van der Waals surface area contributed by atoms with Crippen LogP contribution in [0.2, 0.25) is 0 Å². The highest BCUT2D eigenvalue weighted by molar-refractivity contribution is 5.58. The fourth-order valence-electron chi connectivity index (χ4n) is 0.573. The van der Waals surface area contributed by atoms with Crippen LogP contribution in [0, 0.1) is 0 Å². The summed E-state index contributed by atoms with van der Waals surface area (Å²) in [6.07, 6.45) is 3.02. The van der Waals surface area contributed by atoms with Crippen molar-refractivity contribution in [1.29, 1.82) is 0 Å². The first-order chi connectivity index (χ1) is 4.83. The van der Waals surface area contributed by atoms with Gasteiger partial charge in [0.2, 0.25) is 0 Å². The van der Waals surface area contributed by atoms with E-state index in [1.165, 1.54) is 6.20 Å². The molecule has 0 aliphatic carbocycles. The number of aliphatic imine (C=N–C) groups is 1. The zero-order valence-corrected chi connectivity index (χ0v) is 5.53. The first-order valence-corrected chi connectivity index (χ1v) is 2.87. The highest BCUT2D eigenvalue weighted by Gasteiger charge is 1.85. The Labute approximate surface area is 57.7 Å². The third-order valence-corrected chi connectivity index (χ3v) is 0.927. The van der Waals surface area contributed by atoms with E-state index >= 15 is 0 Å². The maximum absolute atomic E-state index is 10.5. The molecule has 0 saturated heterocycles. The number of rotatable bonds is 1. The third-order valence-electron chi connectivity index (χ3n) is 0.927. The van der Waals surface area contributed by atoms with Crippen molar-refractivity contribution in [1.82, 2.24) is 9.97 Å². The minimum absolute atomic E-state index is 0.372. The van der Waals surface area contributed by atoms with Crippen LogP contribution in [0.25, 0.3) is 0 Å². The molecule has 1 aromatic heterocycles. The highest BCUT2D eigenvalue weighted by atomic mass is 16.1. The number of nitrogens with zero attached hydrogens (tertiary/aromatic N) is 2. The molecule has 0 spiro atoms. The number of hydrogen-bond donors (Lipinski definition) is 1.